The highest BCUT2D eigenvalue weighted by molar-refractivity contribution is 5.75. The molecule has 0 unspecified atom stereocenters. The van der Waals surface area contributed by atoms with E-state index in [0.717, 1.165) is 32.1 Å². The summed E-state index contributed by atoms with van der Waals surface area (Å²) in [5, 5.41) is 8.14. The van der Waals surface area contributed by atoms with Crippen molar-refractivity contribution in [1.29, 1.82) is 0 Å². The van der Waals surface area contributed by atoms with Crippen LogP contribution in [0.5, 0.6) is 0 Å². The lowest BCUT2D eigenvalue weighted by Gasteiger charge is -2.23. The highest BCUT2D eigenvalue weighted by Gasteiger charge is 2.39. The molecule has 0 aliphatic heterocycles. The van der Waals surface area contributed by atoms with E-state index in [1.807, 2.05) is 0 Å². The molecule has 14 heavy (non-hydrogen) atoms. The predicted octanol–water partition coefficient (Wildman–Crippen LogP) is 2.06. The first kappa shape index (κ1) is 11.4. The predicted molar refractivity (Wildman–Crippen MR) is 45.4 cm³/mol. The van der Waals surface area contributed by atoms with Crippen LogP contribution in [0, 0.1) is 0 Å². The Kier molecular flexibility index (Phi) is 3.80. The van der Waals surface area contributed by atoms with Crippen LogP contribution in [0.1, 0.15) is 32.1 Å². The lowest BCUT2D eigenvalue weighted by atomic mass is 9.98. The van der Waals surface area contributed by atoms with E-state index >= 15 is 0 Å². The molecule has 0 atom stereocenters. The molecular weight excluding hydrogens is 194 g/mol. The van der Waals surface area contributed by atoms with Crippen LogP contribution in [0.3, 0.4) is 0 Å². The second kappa shape index (κ2) is 4.68. The van der Waals surface area contributed by atoms with Crippen molar-refractivity contribution >= 4 is 5.97 Å². The van der Waals surface area contributed by atoms with Crippen LogP contribution < -0.4 is 0 Å². The number of hydrogen-bond donors (Lipinski definition) is 1. The van der Waals surface area contributed by atoms with Gasteiger partial charge >= 0.3 is 11.9 Å². The molecule has 0 spiro atoms. The maximum absolute atomic E-state index is 12.6. The molecule has 0 amide bonds. The van der Waals surface area contributed by atoms with Crippen molar-refractivity contribution in [3.8, 4) is 0 Å². The van der Waals surface area contributed by atoms with Crippen molar-refractivity contribution < 1.29 is 23.4 Å². The van der Waals surface area contributed by atoms with Gasteiger partial charge in [0.05, 0.1) is 6.10 Å². The molecule has 3 nitrogen and oxygen atoms in total. The minimum absolute atomic E-state index is 0.186. The van der Waals surface area contributed by atoms with Crippen LogP contribution in [0.4, 0.5) is 8.78 Å². The van der Waals surface area contributed by atoms with E-state index in [-0.39, 0.29) is 6.10 Å². The van der Waals surface area contributed by atoms with Crippen LogP contribution >= 0.6 is 0 Å². The largest absolute Gasteiger partial charge is 0.477 e. The Bertz CT molecular complexity index is 200. The van der Waals surface area contributed by atoms with Crippen LogP contribution in [0.15, 0.2) is 0 Å². The minimum atomic E-state index is -3.75. The SMILES string of the molecule is O=C(O)C(F)(F)COC1CCCCC1. The standard InChI is InChI=1S/C9H14F2O3/c10-9(11,8(12)13)6-14-7-4-2-1-3-5-7/h7H,1-6H2,(H,12,13). The smallest absolute Gasteiger partial charge is 0.377 e. The van der Waals surface area contributed by atoms with Gasteiger partial charge in [-0.2, -0.15) is 8.78 Å². The molecule has 5 heteroatoms. The number of halogens is 2. The second-order valence-corrected chi connectivity index (χ2v) is 3.58. The summed E-state index contributed by atoms with van der Waals surface area (Å²) in [4.78, 5) is 10.1. The maximum Gasteiger partial charge on any atom is 0.377 e. The Balaban J connectivity index is 2.28. The molecule has 1 aliphatic rings. The third kappa shape index (κ3) is 3.21. The van der Waals surface area contributed by atoms with Crippen molar-refractivity contribution in [3.05, 3.63) is 0 Å². The first-order valence-electron chi connectivity index (χ1n) is 4.75. The number of carboxylic acid groups (broad SMARTS) is 1. The van der Waals surface area contributed by atoms with Gasteiger partial charge < -0.3 is 9.84 Å². The molecular formula is C9H14F2O3. The molecule has 0 radical (unpaired) electrons. The summed E-state index contributed by atoms with van der Waals surface area (Å²) >= 11 is 0. The van der Waals surface area contributed by atoms with E-state index < -0.39 is 18.5 Å². The van der Waals surface area contributed by atoms with Crippen LogP contribution in [0.25, 0.3) is 0 Å². The van der Waals surface area contributed by atoms with Gasteiger partial charge in [0.1, 0.15) is 6.61 Å². The zero-order chi connectivity index (χ0) is 10.6. The number of alkyl halides is 2. The van der Waals surface area contributed by atoms with Gasteiger partial charge in [0, 0.05) is 0 Å². The average molecular weight is 208 g/mol. The molecule has 0 aromatic rings. The summed E-state index contributed by atoms with van der Waals surface area (Å²) in [5.74, 6) is -5.87. The van der Waals surface area contributed by atoms with Crippen LogP contribution in [-0.2, 0) is 9.53 Å². The topological polar surface area (TPSA) is 46.5 Å². The molecule has 1 N–H and O–H groups in total. The van der Waals surface area contributed by atoms with Crippen LogP contribution in [0.2, 0.25) is 0 Å². The zero-order valence-corrected chi connectivity index (χ0v) is 7.84. The van der Waals surface area contributed by atoms with E-state index in [1.54, 1.807) is 0 Å². The summed E-state index contributed by atoms with van der Waals surface area (Å²) in [6, 6.07) is 0. The Labute approximate surface area is 81.1 Å². The molecule has 0 saturated heterocycles. The first-order chi connectivity index (χ1) is 6.52. The Morgan fingerprint density at radius 1 is 1.36 bits per heavy atom. The van der Waals surface area contributed by atoms with Gasteiger partial charge in [-0.15, -0.1) is 0 Å². The summed E-state index contributed by atoms with van der Waals surface area (Å²) in [6.07, 6.45) is 4.39. The van der Waals surface area contributed by atoms with E-state index in [1.165, 1.54) is 0 Å². The van der Waals surface area contributed by atoms with Gasteiger partial charge in [0.2, 0.25) is 0 Å². The maximum atomic E-state index is 12.6. The van der Waals surface area contributed by atoms with Crippen molar-refractivity contribution in [2.24, 2.45) is 0 Å². The minimum Gasteiger partial charge on any atom is -0.477 e. The fourth-order valence-corrected chi connectivity index (χ4v) is 1.52. The van der Waals surface area contributed by atoms with Gasteiger partial charge in [-0.1, -0.05) is 19.3 Å². The lowest BCUT2D eigenvalue weighted by Crippen LogP contribution is -2.35. The van der Waals surface area contributed by atoms with E-state index in [2.05, 4.69) is 0 Å². The third-order valence-electron chi connectivity index (χ3n) is 2.37. The molecule has 0 bridgehead atoms. The number of carboxylic acids is 1. The van der Waals surface area contributed by atoms with Crippen molar-refractivity contribution in [3.63, 3.8) is 0 Å². The first-order valence-corrected chi connectivity index (χ1v) is 4.75. The number of hydrogen-bond acceptors (Lipinski definition) is 2. The van der Waals surface area contributed by atoms with Gasteiger partial charge in [0.15, 0.2) is 0 Å². The monoisotopic (exact) mass is 208 g/mol. The van der Waals surface area contributed by atoms with Crippen molar-refractivity contribution in [1.82, 2.24) is 0 Å². The van der Waals surface area contributed by atoms with Gasteiger partial charge in [0.25, 0.3) is 0 Å². The fourth-order valence-electron chi connectivity index (χ4n) is 1.52. The normalized spacial score (nSPS) is 19.6. The van der Waals surface area contributed by atoms with E-state index in [9.17, 15) is 13.6 Å². The van der Waals surface area contributed by atoms with Gasteiger partial charge in [-0.3, -0.25) is 0 Å². The van der Waals surface area contributed by atoms with Gasteiger partial charge in [-0.05, 0) is 12.8 Å². The van der Waals surface area contributed by atoms with E-state index in [0.29, 0.717) is 0 Å². The third-order valence-corrected chi connectivity index (χ3v) is 2.37. The molecule has 1 aliphatic carbocycles. The summed E-state index contributed by atoms with van der Waals surface area (Å²) in [7, 11) is 0. The number of ether oxygens (including phenoxy) is 1. The number of carbonyl (C=O) groups is 1. The summed E-state index contributed by atoms with van der Waals surface area (Å²) in [5.41, 5.74) is 0. The molecule has 1 fully saturated rings. The highest BCUT2D eigenvalue weighted by atomic mass is 19.3. The van der Waals surface area contributed by atoms with Crippen molar-refractivity contribution in [2.75, 3.05) is 6.61 Å². The molecule has 1 saturated carbocycles. The molecule has 1 rings (SSSR count). The lowest BCUT2D eigenvalue weighted by molar-refractivity contribution is -0.177. The fraction of sp³-hybridized carbons (Fsp3) is 0.889. The molecule has 0 heterocycles. The average Bonchev–Trinajstić information content (AvgIpc) is 2.16. The van der Waals surface area contributed by atoms with Gasteiger partial charge in [-0.25, -0.2) is 4.79 Å². The Morgan fingerprint density at radius 2 is 1.93 bits per heavy atom. The second-order valence-electron chi connectivity index (χ2n) is 3.58. The molecule has 0 aromatic carbocycles. The Morgan fingerprint density at radius 3 is 2.43 bits per heavy atom. The van der Waals surface area contributed by atoms with E-state index in [4.69, 9.17) is 9.84 Å². The Hall–Kier alpha value is -0.710. The summed E-state index contributed by atoms with van der Waals surface area (Å²) < 4.78 is 30.0. The quantitative estimate of drug-likeness (QED) is 0.769. The summed E-state index contributed by atoms with van der Waals surface area (Å²) in [6.45, 7) is -1.01. The molecule has 0 aromatic heterocycles. The number of rotatable bonds is 4. The zero-order valence-electron chi connectivity index (χ0n) is 7.84. The van der Waals surface area contributed by atoms with Crippen molar-refractivity contribution in [2.45, 2.75) is 44.1 Å². The molecule has 82 valence electrons. The number of aliphatic carboxylic acids is 1. The highest BCUT2D eigenvalue weighted by Crippen LogP contribution is 2.23. The van der Waals surface area contributed by atoms with Crippen LogP contribution in [-0.4, -0.2) is 29.7 Å².